The molecule has 33 heavy (non-hydrogen) atoms. The van der Waals surface area contributed by atoms with Gasteiger partial charge >= 0.3 is 18.1 Å². The van der Waals surface area contributed by atoms with Crippen LogP contribution in [0.3, 0.4) is 0 Å². The minimum Gasteiger partial charge on any atom is -0.473 e. The van der Waals surface area contributed by atoms with Crippen molar-refractivity contribution in [3.63, 3.8) is 0 Å². The summed E-state index contributed by atoms with van der Waals surface area (Å²) in [5, 5.41) is 14.8. The fraction of sp³-hybridized carbons (Fsp3) is 0.364. The molecular weight excluding hydrogens is 463 g/mol. The van der Waals surface area contributed by atoms with Crippen LogP contribution in [0.15, 0.2) is 52.3 Å². The molecule has 0 spiro atoms. The number of fused-ring (bicyclic) bond motifs is 2. The Balaban J connectivity index is 0.000000454. The molecule has 0 radical (unpaired) electrons. The molecule has 1 unspecified atom stereocenters. The van der Waals surface area contributed by atoms with E-state index in [1.165, 1.54) is 17.8 Å². The quantitative estimate of drug-likeness (QED) is 0.600. The molecule has 0 aromatic heterocycles. The summed E-state index contributed by atoms with van der Waals surface area (Å²) in [7, 11) is 2.05. The zero-order valence-corrected chi connectivity index (χ0v) is 18.4. The normalized spacial score (nSPS) is 18.6. The van der Waals surface area contributed by atoms with Crippen LogP contribution in [-0.2, 0) is 20.5 Å². The summed E-state index contributed by atoms with van der Waals surface area (Å²) >= 11 is 1.41. The van der Waals surface area contributed by atoms with Gasteiger partial charge in [-0.2, -0.15) is 13.2 Å². The first-order chi connectivity index (χ1) is 15.5. The van der Waals surface area contributed by atoms with Gasteiger partial charge in [0.05, 0.1) is 16.6 Å². The number of carboxylic acid groups (broad SMARTS) is 2. The van der Waals surface area contributed by atoms with Crippen LogP contribution >= 0.6 is 11.8 Å². The van der Waals surface area contributed by atoms with E-state index in [0.29, 0.717) is 11.3 Å². The Morgan fingerprint density at radius 1 is 1.06 bits per heavy atom. The van der Waals surface area contributed by atoms with Gasteiger partial charge in [0.2, 0.25) is 6.29 Å². The highest BCUT2D eigenvalue weighted by Gasteiger charge is 2.34. The van der Waals surface area contributed by atoms with Gasteiger partial charge in [-0.15, -0.1) is 0 Å². The molecule has 4 rings (SSSR count). The van der Waals surface area contributed by atoms with Crippen molar-refractivity contribution >= 4 is 23.7 Å². The highest BCUT2D eigenvalue weighted by atomic mass is 32.2. The molecule has 1 fully saturated rings. The Labute approximate surface area is 192 Å². The smallest absolute Gasteiger partial charge is 0.416 e. The summed E-state index contributed by atoms with van der Waals surface area (Å²) < 4.78 is 52.0. The molecular formula is C22H22F3NO6S. The van der Waals surface area contributed by atoms with E-state index in [2.05, 4.69) is 11.9 Å². The average molecular weight is 485 g/mol. The maximum absolute atomic E-state index is 13.3. The van der Waals surface area contributed by atoms with Gasteiger partial charge in [-0.1, -0.05) is 23.9 Å². The van der Waals surface area contributed by atoms with E-state index >= 15 is 0 Å². The third kappa shape index (κ3) is 6.62. The summed E-state index contributed by atoms with van der Waals surface area (Å²) in [6.45, 7) is 1.80. The van der Waals surface area contributed by atoms with E-state index in [1.807, 2.05) is 24.3 Å². The van der Waals surface area contributed by atoms with Crippen molar-refractivity contribution in [3.05, 3.63) is 53.6 Å². The molecule has 0 aliphatic carbocycles. The van der Waals surface area contributed by atoms with E-state index in [1.54, 1.807) is 0 Å². The Bertz CT molecular complexity index is 996. The van der Waals surface area contributed by atoms with Crippen molar-refractivity contribution < 1.29 is 42.4 Å². The number of aliphatic carboxylic acids is 2. The number of piperidine rings is 1. The molecule has 2 N–H and O–H groups in total. The lowest BCUT2D eigenvalue weighted by Crippen LogP contribution is -2.35. The first-order valence-electron chi connectivity index (χ1n) is 9.99. The first kappa shape index (κ1) is 24.9. The fourth-order valence-electron chi connectivity index (χ4n) is 3.33. The van der Waals surface area contributed by atoms with E-state index in [4.69, 9.17) is 29.3 Å². The molecule has 1 atom stereocenters. The summed E-state index contributed by atoms with van der Waals surface area (Å²) in [5.41, 5.74) is -0.252. The van der Waals surface area contributed by atoms with Crippen molar-refractivity contribution in [1.82, 2.24) is 4.90 Å². The van der Waals surface area contributed by atoms with Crippen LogP contribution in [0.2, 0.25) is 0 Å². The van der Waals surface area contributed by atoms with Gasteiger partial charge in [-0.3, -0.25) is 0 Å². The van der Waals surface area contributed by atoms with Gasteiger partial charge < -0.3 is 24.6 Å². The van der Waals surface area contributed by atoms with Crippen molar-refractivity contribution in [2.45, 2.75) is 41.2 Å². The Hall–Kier alpha value is -2.76. The average Bonchev–Trinajstić information content (AvgIpc) is 2.91. The maximum atomic E-state index is 13.3. The number of hydrogen-bond donors (Lipinski definition) is 2. The van der Waals surface area contributed by atoms with Crippen molar-refractivity contribution in [3.8, 4) is 5.75 Å². The van der Waals surface area contributed by atoms with E-state index in [9.17, 15) is 13.2 Å². The number of alkyl halides is 3. The second kappa shape index (κ2) is 10.4. The molecule has 11 heteroatoms. The number of hydrogen-bond acceptors (Lipinski definition) is 6. The minimum absolute atomic E-state index is 0.0381. The number of carboxylic acids is 2. The van der Waals surface area contributed by atoms with Crippen LogP contribution in [0.25, 0.3) is 0 Å². The van der Waals surface area contributed by atoms with Gasteiger partial charge in [-0.05, 0) is 50.2 Å². The van der Waals surface area contributed by atoms with Crippen molar-refractivity contribution in [2.24, 2.45) is 0 Å². The number of para-hydroxylation sites is 1. The fourth-order valence-corrected chi connectivity index (χ4v) is 4.34. The van der Waals surface area contributed by atoms with Crippen molar-refractivity contribution in [2.75, 3.05) is 20.1 Å². The minimum atomic E-state index is -4.41. The van der Waals surface area contributed by atoms with Gasteiger partial charge in [0, 0.05) is 23.5 Å². The zero-order valence-electron chi connectivity index (χ0n) is 17.5. The summed E-state index contributed by atoms with van der Waals surface area (Å²) in [6.07, 6.45) is -3.63. The lowest BCUT2D eigenvalue weighted by Gasteiger charge is -2.32. The predicted molar refractivity (Wildman–Crippen MR) is 112 cm³/mol. The predicted octanol–water partition coefficient (Wildman–Crippen LogP) is 4.51. The van der Waals surface area contributed by atoms with Gasteiger partial charge in [0.1, 0.15) is 5.75 Å². The van der Waals surface area contributed by atoms with E-state index < -0.39 is 30.0 Å². The summed E-state index contributed by atoms with van der Waals surface area (Å²) in [6, 6.07) is 11.3. The SMILES string of the molecule is CN1CCC(OC2Oc3ccccc3Sc3ccc(C(F)(F)F)cc32)CC1.O=C(O)C(=O)O. The van der Waals surface area contributed by atoms with Gasteiger partial charge in [0.15, 0.2) is 0 Å². The topological polar surface area (TPSA) is 96.3 Å². The van der Waals surface area contributed by atoms with Crippen LogP contribution in [0.5, 0.6) is 5.75 Å². The summed E-state index contributed by atoms with van der Waals surface area (Å²) in [4.78, 5) is 22.0. The Kier molecular flexibility index (Phi) is 7.88. The highest BCUT2D eigenvalue weighted by Crippen LogP contribution is 2.46. The number of carbonyl (C=O) groups is 2. The van der Waals surface area contributed by atoms with Crippen molar-refractivity contribution in [1.29, 1.82) is 0 Å². The molecule has 0 bridgehead atoms. The van der Waals surface area contributed by atoms with E-state index in [-0.39, 0.29) is 6.10 Å². The largest absolute Gasteiger partial charge is 0.473 e. The van der Waals surface area contributed by atoms with Crippen LogP contribution in [0.1, 0.15) is 30.3 Å². The maximum Gasteiger partial charge on any atom is 0.416 e. The zero-order chi connectivity index (χ0) is 24.2. The lowest BCUT2D eigenvalue weighted by molar-refractivity contribution is -0.159. The molecule has 2 aliphatic heterocycles. The third-order valence-corrected chi connectivity index (χ3v) is 6.21. The third-order valence-electron chi connectivity index (χ3n) is 5.06. The Morgan fingerprint density at radius 3 is 2.30 bits per heavy atom. The Morgan fingerprint density at radius 2 is 1.70 bits per heavy atom. The second-order valence-corrected chi connectivity index (χ2v) is 8.58. The molecule has 178 valence electrons. The van der Waals surface area contributed by atoms with E-state index in [0.717, 1.165) is 47.9 Å². The van der Waals surface area contributed by atoms with Gasteiger partial charge in [-0.25, -0.2) is 9.59 Å². The number of halogens is 3. The molecule has 2 heterocycles. The highest BCUT2D eigenvalue weighted by molar-refractivity contribution is 7.99. The molecule has 1 saturated heterocycles. The number of nitrogens with zero attached hydrogens (tertiary/aromatic N) is 1. The van der Waals surface area contributed by atoms with Gasteiger partial charge in [0.25, 0.3) is 0 Å². The molecule has 0 saturated carbocycles. The molecule has 2 aliphatic rings. The molecule has 7 nitrogen and oxygen atoms in total. The molecule has 2 aromatic carbocycles. The number of rotatable bonds is 2. The summed E-state index contributed by atoms with van der Waals surface area (Å²) in [5.74, 6) is -3.02. The monoisotopic (exact) mass is 485 g/mol. The van der Waals surface area contributed by atoms with Crippen LogP contribution < -0.4 is 4.74 Å². The molecule has 0 amide bonds. The van der Waals surface area contributed by atoms with Crippen LogP contribution in [-0.4, -0.2) is 53.3 Å². The number of benzene rings is 2. The number of ether oxygens (including phenoxy) is 2. The van der Waals surface area contributed by atoms with Crippen LogP contribution in [0, 0.1) is 0 Å². The standard InChI is InChI=1S/C20H20F3NO2S.C2H2O4/c1-24-10-8-14(9-11-24)25-19-15-12-13(20(21,22)23)6-7-17(15)27-18-5-3-2-4-16(18)26-19;3-1(4)2(5)6/h2-7,12,14,19H,8-11H2,1H3;(H,3,4)(H,5,6). The van der Waals surface area contributed by atoms with Crippen LogP contribution in [0.4, 0.5) is 13.2 Å². The molecule has 2 aromatic rings. The number of likely N-dealkylation sites (tertiary alicyclic amines) is 1. The first-order valence-corrected chi connectivity index (χ1v) is 10.8. The lowest BCUT2D eigenvalue weighted by atomic mass is 10.1. The second-order valence-electron chi connectivity index (χ2n) is 7.50.